The number of carbonyl (C=O) groups is 1. The van der Waals surface area contributed by atoms with Crippen molar-refractivity contribution in [1.82, 2.24) is 4.98 Å². The molecule has 0 saturated carbocycles. The van der Waals surface area contributed by atoms with E-state index in [1.807, 2.05) is 0 Å². The molecule has 0 spiro atoms. The van der Waals surface area contributed by atoms with Gasteiger partial charge in [0, 0.05) is 7.11 Å². The lowest BCUT2D eigenvalue weighted by atomic mass is 10.2. The number of rotatable bonds is 6. The Morgan fingerprint density at radius 2 is 1.45 bits per heavy atom. The van der Waals surface area contributed by atoms with Crippen molar-refractivity contribution in [2.45, 2.75) is 83.8 Å². The molecular weight excluding hydrogens is 310 g/mol. The highest BCUT2D eigenvalue weighted by Gasteiger charge is 2.44. The number of hydrogen-bond donors (Lipinski definition) is 1. The van der Waals surface area contributed by atoms with Crippen LogP contribution in [-0.4, -0.2) is 42.3 Å². The fraction of sp³-hybridized carbons (Fsp3) is 0.938. The normalized spacial score (nSPS) is 15.6. The molecule has 22 heavy (non-hydrogen) atoms. The van der Waals surface area contributed by atoms with Crippen molar-refractivity contribution >= 4 is 22.5 Å². The van der Waals surface area contributed by atoms with E-state index in [0.29, 0.717) is 6.61 Å². The van der Waals surface area contributed by atoms with Crippen molar-refractivity contribution < 1.29 is 14.0 Å². The van der Waals surface area contributed by atoms with E-state index in [2.05, 4.69) is 72.7 Å². The van der Waals surface area contributed by atoms with Gasteiger partial charge >= 0.3 is 5.97 Å². The predicted molar refractivity (Wildman–Crippen MR) is 99.3 cm³/mol. The first-order chi connectivity index (χ1) is 9.55. The maximum absolute atomic E-state index is 12.7. The van der Waals surface area contributed by atoms with Crippen molar-refractivity contribution in [1.29, 1.82) is 0 Å². The quantitative estimate of drug-likeness (QED) is 0.733. The van der Waals surface area contributed by atoms with Crippen LogP contribution in [0.5, 0.6) is 0 Å². The Kier molecular flexibility index (Phi) is 7.10. The maximum atomic E-state index is 12.7. The van der Waals surface area contributed by atoms with Crippen molar-refractivity contribution in [3.8, 4) is 0 Å². The van der Waals surface area contributed by atoms with E-state index in [0.717, 1.165) is 0 Å². The summed E-state index contributed by atoms with van der Waals surface area (Å²) >= 11 is 0. The summed E-state index contributed by atoms with van der Waals surface area (Å²) in [5.74, 6) is -0.168. The largest absolute Gasteiger partial charge is 0.518 e. The van der Waals surface area contributed by atoms with Crippen LogP contribution in [0, 0.1) is 0 Å². The van der Waals surface area contributed by atoms with Crippen LogP contribution >= 0.6 is 0 Å². The van der Waals surface area contributed by atoms with E-state index in [1.54, 1.807) is 7.11 Å². The minimum atomic E-state index is -2.11. The standard InChI is InChI=1S/C16H37NO3Si2/c1-15(2,3)21(8,9)17-13(12-19-7)14(18)20-22(10,11)16(4,5)6/h13,17H,12H2,1-11H3. The molecule has 0 fully saturated rings. The van der Waals surface area contributed by atoms with Crippen LogP contribution in [0.1, 0.15) is 41.5 Å². The van der Waals surface area contributed by atoms with Crippen molar-refractivity contribution in [3.63, 3.8) is 0 Å². The van der Waals surface area contributed by atoms with Gasteiger partial charge in [0.15, 0.2) is 0 Å². The Balaban J connectivity index is 5.16. The zero-order valence-electron chi connectivity index (χ0n) is 16.5. The van der Waals surface area contributed by atoms with Crippen LogP contribution < -0.4 is 4.98 Å². The lowest BCUT2D eigenvalue weighted by Crippen LogP contribution is -2.61. The zero-order chi connectivity index (χ0) is 18.0. The zero-order valence-corrected chi connectivity index (χ0v) is 18.5. The Hall–Kier alpha value is -0.176. The molecule has 1 N–H and O–H groups in total. The lowest BCUT2D eigenvalue weighted by molar-refractivity contribution is -0.138. The predicted octanol–water partition coefficient (Wildman–Crippen LogP) is 4.14. The van der Waals surface area contributed by atoms with E-state index in [4.69, 9.17) is 9.16 Å². The number of ether oxygens (including phenoxy) is 1. The van der Waals surface area contributed by atoms with E-state index in [9.17, 15) is 4.79 Å². The molecule has 0 aliphatic carbocycles. The highest BCUT2D eigenvalue weighted by molar-refractivity contribution is 6.78. The summed E-state index contributed by atoms with van der Waals surface area (Å²) in [4.78, 5) is 16.3. The van der Waals surface area contributed by atoms with Gasteiger partial charge in [-0.1, -0.05) is 54.6 Å². The van der Waals surface area contributed by atoms with Crippen molar-refractivity contribution in [3.05, 3.63) is 0 Å². The van der Waals surface area contributed by atoms with Gasteiger partial charge in [-0.25, -0.2) is 0 Å². The lowest BCUT2D eigenvalue weighted by Gasteiger charge is -2.41. The van der Waals surface area contributed by atoms with E-state index in [1.165, 1.54) is 0 Å². The molecule has 0 aliphatic rings. The van der Waals surface area contributed by atoms with Gasteiger partial charge in [0.1, 0.15) is 14.3 Å². The Labute approximate surface area is 139 Å². The topological polar surface area (TPSA) is 47.6 Å². The van der Waals surface area contributed by atoms with Gasteiger partial charge in [-0.05, 0) is 23.2 Å². The number of methoxy groups -OCH3 is 1. The van der Waals surface area contributed by atoms with Crippen molar-refractivity contribution in [2.24, 2.45) is 0 Å². The highest BCUT2D eigenvalue weighted by Crippen LogP contribution is 2.37. The summed E-state index contributed by atoms with van der Waals surface area (Å²) in [6, 6.07) is -0.389. The molecule has 0 bridgehead atoms. The summed E-state index contributed by atoms with van der Waals surface area (Å²) in [7, 11) is -2.29. The third-order valence-electron chi connectivity index (χ3n) is 5.19. The van der Waals surface area contributed by atoms with Crippen LogP contribution in [-0.2, 0) is 14.0 Å². The molecule has 132 valence electrons. The highest BCUT2D eigenvalue weighted by atomic mass is 28.4. The van der Waals surface area contributed by atoms with Gasteiger partial charge in [-0.3, -0.25) is 4.79 Å². The van der Waals surface area contributed by atoms with E-state index >= 15 is 0 Å². The van der Waals surface area contributed by atoms with Gasteiger partial charge < -0.3 is 14.1 Å². The molecule has 1 atom stereocenters. The molecule has 0 aromatic carbocycles. The van der Waals surface area contributed by atoms with Crippen molar-refractivity contribution in [2.75, 3.05) is 13.7 Å². The fourth-order valence-corrected chi connectivity index (χ4v) is 3.92. The Bertz CT molecular complexity index is 382. The molecule has 0 radical (unpaired) electrons. The van der Waals surface area contributed by atoms with Gasteiger partial charge in [-0.2, -0.15) is 0 Å². The average molecular weight is 348 g/mol. The summed E-state index contributed by atoms with van der Waals surface area (Å²) in [6.45, 7) is 22.1. The summed E-state index contributed by atoms with van der Waals surface area (Å²) in [5.41, 5.74) is 0. The van der Waals surface area contributed by atoms with Gasteiger partial charge in [0.25, 0.3) is 8.32 Å². The number of hydrogen-bond acceptors (Lipinski definition) is 4. The molecule has 4 nitrogen and oxygen atoms in total. The van der Waals surface area contributed by atoms with Gasteiger partial charge in [0.05, 0.1) is 6.61 Å². The molecule has 0 aromatic rings. The second kappa shape index (κ2) is 7.15. The number of carbonyl (C=O) groups excluding carboxylic acids is 1. The first kappa shape index (κ1) is 21.8. The molecule has 0 aromatic heterocycles. The Morgan fingerprint density at radius 3 is 1.77 bits per heavy atom. The second-order valence-corrected chi connectivity index (χ2v) is 19.0. The fourth-order valence-electron chi connectivity index (χ4n) is 1.46. The molecule has 0 amide bonds. The third kappa shape index (κ3) is 5.79. The molecular formula is C16H37NO3Si2. The van der Waals surface area contributed by atoms with Crippen LogP contribution in [0.3, 0.4) is 0 Å². The molecule has 0 saturated heterocycles. The smallest absolute Gasteiger partial charge is 0.311 e. The minimum absolute atomic E-state index is 0.0112. The van der Waals surface area contributed by atoms with E-state index < -0.39 is 16.6 Å². The summed E-state index contributed by atoms with van der Waals surface area (Å²) in [6.07, 6.45) is 0. The minimum Gasteiger partial charge on any atom is -0.518 e. The maximum Gasteiger partial charge on any atom is 0.311 e. The second-order valence-electron chi connectivity index (χ2n) is 9.21. The molecule has 0 rings (SSSR count). The first-order valence-corrected chi connectivity index (χ1v) is 14.0. The average Bonchev–Trinajstić information content (AvgIpc) is 2.24. The van der Waals surface area contributed by atoms with Gasteiger partial charge in [-0.15, -0.1) is 0 Å². The monoisotopic (exact) mass is 347 g/mol. The van der Waals surface area contributed by atoms with Crippen LogP contribution in [0.2, 0.25) is 36.3 Å². The third-order valence-corrected chi connectivity index (χ3v) is 14.3. The summed E-state index contributed by atoms with van der Waals surface area (Å²) in [5, 5.41) is 0.160. The molecule has 6 heteroatoms. The molecule has 0 heterocycles. The first-order valence-electron chi connectivity index (χ1n) is 8.04. The molecule has 0 aliphatic heterocycles. The summed E-state index contributed by atoms with van der Waals surface area (Å²) < 4.78 is 11.2. The molecule has 1 unspecified atom stereocenters. The van der Waals surface area contributed by atoms with Crippen LogP contribution in [0.25, 0.3) is 0 Å². The van der Waals surface area contributed by atoms with Crippen LogP contribution in [0.4, 0.5) is 0 Å². The van der Waals surface area contributed by atoms with Gasteiger partial charge in [0.2, 0.25) is 0 Å². The number of nitrogens with one attached hydrogen (secondary N) is 1. The SMILES string of the molecule is COCC(N[Si](C)(C)C(C)(C)C)C(=O)O[Si](C)(C)C(C)(C)C. The van der Waals surface area contributed by atoms with Crippen LogP contribution in [0.15, 0.2) is 0 Å². The Morgan fingerprint density at radius 1 is 1.00 bits per heavy atom. The van der Waals surface area contributed by atoms with E-state index in [-0.39, 0.29) is 22.1 Å².